The van der Waals surface area contributed by atoms with E-state index in [4.69, 9.17) is 5.73 Å². The van der Waals surface area contributed by atoms with Crippen molar-refractivity contribution >= 4 is 17.8 Å². The zero-order valence-electron chi connectivity index (χ0n) is 13.8. The molecule has 1 atom stereocenters. The van der Waals surface area contributed by atoms with Gasteiger partial charge in [0.05, 0.1) is 0 Å². The average Bonchev–Trinajstić information content (AvgIpc) is 3.04. The Hall–Kier alpha value is -1.63. The van der Waals surface area contributed by atoms with Crippen LogP contribution >= 0.6 is 0 Å². The van der Waals surface area contributed by atoms with E-state index in [0.717, 1.165) is 30.6 Å². The van der Waals surface area contributed by atoms with Crippen LogP contribution in [0.15, 0.2) is 0 Å². The summed E-state index contributed by atoms with van der Waals surface area (Å²) >= 11 is 0. The second-order valence-electron chi connectivity index (χ2n) is 7.54. The maximum absolute atomic E-state index is 12.7. The molecule has 1 aliphatic carbocycles. The van der Waals surface area contributed by atoms with E-state index < -0.39 is 11.6 Å². The Bertz CT molecular complexity index is 529. The van der Waals surface area contributed by atoms with Crippen LogP contribution in [0.4, 0.5) is 4.79 Å². The molecular formula is C16H26N4O3. The van der Waals surface area contributed by atoms with Crippen molar-refractivity contribution in [1.29, 1.82) is 0 Å². The van der Waals surface area contributed by atoms with Crippen LogP contribution in [0.5, 0.6) is 0 Å². The summed E-state index contributed by atoms with van der Waals surface area (Å²) in [7, 11) is 0. The fourth-order valence-corrected chi connectivity index (χ4v) is 3.95. The van der Waals surface area contributed by atoms with Crippen molar-refractivity contribution in [2.75, 3.05) is 26.2 Å². The fraction of sp³-hybridized carbons (Fsp3) is 0.812. The first-order chi connectivity index (χ1) is 10.9. The Morgan fingerprint density at radius 3 is 2.52 bits per heavy atom. The zero-order valence-corrected chi connectivity index (χ0v) is 13.8. The average molecular weight is 322 g/mol. The molecule has 3 fully saturated rings. The number of nitrogens with two attached hydrogens (primary N) is 1. The van der Waals surface area contributed by atoms with Crippen LogP contribution in [0.25, 0.3) is 0 Å². The number of rotatable bonds is 3. The van der Waals surface area contributed by atoms with E-state index in [-0.39, 0.29) is 23.8 Å². The van der Waals surface area contributed by atoms with Gasteiger partial charge in [-0.3, -0.25) is 14.5 Å². The molecule has 1 unspecified atom stereocenters. The molecule has 7 nitrogen and oxygen atoms in total. The largest absolute Gasteiger partial charge is 0.341 e. The molecule has 3 aliphatic rings. The SMILES string of the molecule is CC1(CN)CCN(C(=O)CN2C(=O)NC3(CCCCC3)C2=O)C1. The van der Waals surface area contributed by atoms with E-state index in [1.54, 1.807) is 4.90 Å². The lowest BCUT2D eigenvalue weighted by molar-refractivity contribution is -0.139. The molecule has 0 aromatic carbocycles. The number of hydrogen-bond acceptors (Lipinski definition) is 4. The van der Waals surface area contributed by atoms with Gasteiger partial charge in [-0.1, -0.05) is 26.2 Å². The van der Waals surface area contributed by atoms with Crippen molar-refractivity contribution in [3.05, 3.63) is 0 Å². The van der Waals surface area contributed by atoms with Gasteiger partial charge in [0.2, 0.25) is 5.91 Å². The van der Waals surface area contributed by atoms with E-state index in [2.05, 4.69) is 12.2 Å². The molecule has 7 heteroatoms. The quantitative estimate of drug-likeness (QED) is 0.737. The van der Waals surface area contributed by atoms with Crippen molar-refractivity contribution < 1.29 is 14.4 Å². The molecule has 0 aromatic rings. The van der Waals surface area contributed by atoms with E-state index in [0.29, 0.717) is 32.5 Å². The summed E-state index contributed by atoms with van der Waals surface area (Å²) in [6.07, 6.45) is 5.19. The Kier molecular flexibility index (Phi) is 4.08. The van der Waals surface area contributed by atoms with Crippen LogP contribution in [0.3, 0.4) is 0 Å². The second kappa shape index (κ2) is 5.78. The Morgan fingerprint density at radius 1 is 1.22 bits per heavy atom. The van der Waals surface area contributed by atoms with Crippen molar-refractivity contribution in [3.63, 3.8) is 0 Å². The number of urea groups is 1. The van der Waals surface area contributed by atoms with Gasteiger partial charge in [0.1, 0.15) is 12.1 Å². The van der Waals surface area contributed by atoms with Gasteiger partial charge in [0, 0.05) is 13.1 Å². The number of hydrogen-bond donors (Lipinski definition) is 2. The van der Waals surface area contributed by atoms with Gasteiger partial charge in [-0.2, -0.15) is 0 Å². The lowest BCUT2D eigenvalue weighted by Gasteiger charge is -2.30. The number of nitrogens with one attached hydrogen (secondary N) is 1. The molecule has 4 amide bonds. The molecule has 23 heavy (non-hydrogen) atoms. The van der Waals surface area contributed by atoms with E-state index in [1.165, 1.54) is 0 Å². The first-order valence-corrected chi connectivity index (χ1v) is 8.51. The van der Waals surface area contributed by atoms with Crippen LogP contribution in [-0.2, 0) is 9.59 Å². The van der Waals surface area contributed by atoms with Gasteiger partial charge < -0.3 is 16.0 Å². The summed E-state index contributed by atoms with van der Waals surface area (Å²) < 4.78 is 0. The standard InChI is InChI=1S/C16H26N4O3/c1-15(10-17)7-8-19(11-15)12(21)9-20-13(22)16(18-14(20)23)5-3-2-4-6-16/h2-11,17H2,1H3,(H,18,23). The first kappa shape index (κ1) is 16.2. The van der Waals surface area contributed by atoms with Gasteiger partial charge >= 0.3 is 6.03 Å². The molecule has 3 N–H and O–H groups in total. The van der Waals surface area contributed by atoms with Crippen LogP contribution in [-0.4, -0.2) is 59.4 Å². The molecule has 0 aromatic heterocycles. The van der Waals surface area contributed by atoms with Crippen molar-refractivity contribution in [3.8, 4) is 0 Å². The minimum absolute atomic E-state index is 0.0580. The third-order valence-electron chi connectivity index (χ3n) is 5.65. The topological polar surface area (TPSA) is 95.7 Å². The predicted octanol–water partition coefficient (Wildman–Crippen LogP) is 0.438. The third kappa shape index (κ3) is 2.82. The maximum atomic E-state index is 12.7. The van der Waals surface area contributed by atoms with Crippen LogP contribution < -0.4 is 11.1 Å². The summed E-state index contributed by atoms with van der Waals surface area (Å²) in [5.74, 6) is -0.394. The minimum atomic E-state index is -0.758. The van der Waals surface area contributed by atoms with Crippen molar-refractivity contribution in [1.82, 2.24) is 15.1 Å². The van der Waals surface area contributed by atoms with Gasteiger partial charge in [-0.25, -0.2) is 4.79 Å². The third-order valence-corrected chi connectivity index (χ3v) is 5.65. The highest BCUT2D eigenvalue weighted by atomic mass is 16.2. The molecule has 2 saturated heterocycles. The molecular weight excluding hydrogens is 296 g/mol. The molecule has 3 rings (SSSR count). The molecule has 2 aliphatic heterocycles. The highest BCUT2D eigenvalue weighted by Crippen LogP contribution is 2.34. The summed E-state index contributed by atoms with van der Waals surface area (Å²) in [4.78, 5) is 40.2. The van der Waals surface area contributed by atoms with Gasteiger partial charge in [-0.15, -0.1) is 0 Å². The summed E-state index contributed by atoms with van der Waals surface area (Å²) in [6, 6.07) is -0.425. The van der Waals surface area contributed by atoms with Crippen LogP contribution in [0.2, 0.25) is 0 Å². The van der Waals surface area contributed by atoms with Gasteiger partial charge in [0.15, 0.2) is 0 Å². The molecule has 0 radical (unpaired) electrons. The minimum Gasteiger partial charge on any atom is -0.341 e. The van der Waals surface area contributed by atoms with Crippen LogP contribution in [0.1, 0.15) is 45.4 Å². The smallest absolute Gasteiger partial charge is 0.325 e. The lowest BCUT2D eigenvalue weighted by Crippen LogP contribution is -2.49. The predicted molar refractivity (Wildman–Crippen MR) is 84.4 cm³/mol. The number of likely N-dealkylation sites (tertiary alicyclic amines) is 1. The number of imide groups is 1. The number of nitrogens with zero attached hydrogens (tertiary/aromatic N) is 2. The Labute approximate surface area is 136 Å². The summed E-state index contributed by atoms with van der Waals surface area (Å²) in [5.41, 5.74) is 4.95. The normalized spacial score (nSPS) is 30.2. The zero-order chi connectivity index (χ0) is 16.7. The molecule has 2 heterocycles. The van der Waals surface area contributed by atoms with E-state index in [1.807, 2.05) is 0 Å². The second-order valence-corrected chi connectivity index (χ2v) is 7.54. The highest BCUT2D eigenvalue weighted by Gasteiger charge is 2.52. The summed E-state index contributed by atoms with van der Waals surface area (Å²) in [5, 5.41) is 2.84. The molecule has 128 valence electrons. The summed E-state index contributed by atoms with van der Waals surface area (Å²) in [6.45, 7) is 3.67. The number of carbonyl (C=O) groups is 3. The van der Waals surface area contributed by atoms with Gasteiger partial charge in [-0.05, 0) is 31.2 Å². The van der Waals surface area contributed by atoms with Gasteiger partial charge in [0.25, 0.3) is 5.91 Å². The molecule has 0 bridgehead atoms. The Balaban J connectivity index is 1.65. The monoisotopic (exact) mass is 322 g/mol. The van der Waals surface area contributed by atoms with E-state index in [9.17, 15) is 14.4 Å². The number of amides is 4. The Morgan fingerprint density at radius 2 is 1.91 bits per heavy atom. The van der Waals surface area contributed by atoms with E-state index >= 15 is 0 Å². The van der Waals surface area contributed by atoms with Crippen LogP contribution in [0, 0.1) is 5.41 Å². The highest BCUT2D eigenvalue weighted by molar-refractivity contribution is 6.09. The maximum Gasteiger partial charge on any atom is 0.325 e. The first-order valence-electron chi connectivity index (χ1n) is 8.51. The lowest BCUT2D eigenvalue weighted by atomic mass is 9.82. The van der Waals surface area contributed by atoms with Crippen molar-refractivity contribution in [2.24, 2.45) is 11.1 Å². The molecule has 1 saturated carbocycles. The number of carbonyl (C=O) groups excluding carboxylic acids is 3. The molecule has 1 spiro atoms. The van der Waals surface area contributed by atoms with Crippen molar-refractivity contribution in [2.45, 2.75) is 51.0 Å². The fourth-order valence-electron chi connectivity index (χ4n) is 3.95.